The van der Waals surface area contributed by atoms with Crippen LogP contribution in [-0.2, 0) is 6.18 Å². The average molecular weight is 187 g/mol. The van der Waals surface area contributed by atoms with Crippen LogP contribution in [0.25, 0.3) is 0 Å². The van der Waals surface area contributed by atoms with Gasteiger partial charge in [0.2, 0.25) is 0 Å². The van der Waals surface area contributed by atoms with E-state index in [9.17, 15) is 13.2 Å². The maximum absolute atomic E-state index is 12.1. The normalized spacial score (nSPS) is 17.5. The maximum Gasteiger partial charge on any atom is 0.417 e. The SMILES string of the molecule is FC(F)(F)c1ccc(C2CC2)nc1. The highest BCUT2D eigenvalue weighted by Crippen LogP contribution is 2.39. The van der Waals surface area contributed by atoms with Gasteiger partial charge in [-0.05, 0) is 25.0 Å². The van der Waals surface area contributed by atoms with Crippen LogP contribution in [0.5, 0.6) is 0 Å². The second-order valence-electron chi connectivity index (χ2n) is 3.24. The Morgan fingerprint density at radius 2 is 1.92 bits per heavy atom. The topological polar surface area (TPSA) is 12.9 Å². The monoisotopic (exact) mass is 187 g/mol. The molecule has 1 heterocycles. The Morgan fingerprint density at radius 1 is 1.23 bits per heavy atom. The van der Waals surface area contributed by atoms with E-state index in [2.05, 4.69) is 4.98 Å². The van der Waals surface area contributed by atoms with E-state index in [0.29, 0.717) is 5.92 Å². The number of aromatic nitrogens is 1. The van der Waals surface area contributed by atoms with E-state index in [1.54, 1.807) is 0 Å². The van der Waals surface area contributed by atoms with Crippen LogP contribution in [-0.4, -0.2) is 4.98 Å². The molecule has 2 rings (SSSR count). The van der Waals surface area contributed by atoms with Gasteiger partial charge in [0.1, 0.15) is 0 Å². The highest BCUT2D eigenvalue weighted by atomic mass is 19.4. The van der Waals surface area contributed by atoms with Gasteiger partial charge in [-0.3, -0.25) is 4.98 Å². The summed E-state index contributed by atoms with van der Waals surface area (Å²) in [6.07, 6.45) is -1.25. The van der Waals surface area contributed by atoms with Crippen LogP contribution >= 0.6 is 0 Å². The van der Waals surface area contributed by atoms with Crippen LogP contribution in [0.1, 0.15) is 30.0 Å². The minimum atomic E-state index is -4.27. The minimum absolute atomic E-state index is 0.405. The molecule has 70 valence electrons. The van der Waals surface area contributed by atoms with Gasteiger partial charge in [-0.15, -0.1) is 0 Å². The lowest BCUT2D eigenvalue weighted by Crippen LogP contribution is -2.05. The highest BCUT2D eigenvalue weighted by Gasteiger charge is 2.32. The van der Waals surface area contributed by atoms with E-state index >= 15 is 0 Å². The Hall–Kier alpha value is -1.06. The van der Waals surface area contributed by atoms with Gasteiger partial charge in [0.05, 0.1) is 5.56 Å². The zero-order valence-corrected chi connectivity index (χ0v) is 6.80. The van der Waals surface area contributed by atoms with E-state index < -0.39 is 11.7 Å². The Balaban J connectivity index is 2.22. The summed E-state index contributed by atoms with van der Waals surface area (Å²) in [6, 6.07) is 2.57. The summed E-state index contributed by atoms with van der Waals surface area (Å²) in [5.74, 6) is 0.405. The van der Waals surface area contributed by atoms with Crippen molar-refractivity contribution in [1.82, 2.24) is 4.98 Å². The summed E-state index contributed by atoms with van der Waals surface area (Å²) in [6.45, 7) is 0. The second kappa shape index (κ2) is 2.72. The van der Waals surface area contributed by atoms with Crippen LogP contribution in [0.15, 0.2) is 18.3 Å². The van der Waals surface area contributed by atoms with E-state index in [1.165, 1.54) is 6.07 Å². The van der Waals surface area contributed by atoms with Gasteiger partial charge in [-0.2, -0.15) is 13.2 Å². The van der Waals surface area contributed by atoms with Gasteiger partial charge in [0.25, 0.3) is 0 Å². The van der Waals surface area contributed by atoms with Crippen molar-refractivity contribution in [1.29, 1.82) is 0 Å². The molecule has 1 aromatic rings. The molecule has 1 saturated carbocycles. The predicted octanol–water partition coefficient (Wildman–Crippen LogP) is 2.98. The van der Waals surface area contributed by atoms with Crippen molar-refractivity contribution < 1.29 is 13.2 Å². The number of halogens is 3. The van der Waals surface area contributed by atoms with E-state index in [1.807, 2.05) is 0 Å². The van der Waals surface area contributed by atoms with E-state index in [-0.39, 0.29) is 0 Å². The second-order valence-corrected chi connectivity index (χ2v) is 3.24. The fourth-order valence-corrected chi connectivity index (χ4v) is 1.19. The first-order valence-electron chi connectivity index (χ1n) is 4.10. The lowest BCUT2D eigenvalue weighted by Gasteiger charge is -2.05. The van der Waals surface area contributed by atoms with Crippen molar-refractivity contribution in [2.24, 2.45) is 0 Å². The van der Waals surface area contributed by atoms with Crippen LogP contribution in [0.2, 0.25) is 0 Å². The number of pyridine rings is 1. The Labute approximate surface area is 73.6 Å². The largest absolute Gasteiger partial charge is 0.417 e. The zero-order chi connectivity index (χ0) is 9.47. The van der Waals surface area contributed by atoms with Crippen molar-refractivity contribution in [3.8, 4) is 0 Å². The molecule has 0 unspecified atom stereocenters. The van der Waals surface area contributed by atoms with Crippen molar-refractivity contribution in [2.45, 2.75) is 24.9 Å². The third-order valence-electron chi connectivity index (χ3n) is 2.11. The molecule has 0 saturated heterocycles. The zero-order valence-electron chi connectivity index (χ0n) is 6.80. The molecule has 1 fully saturated rings. The average Bonchev–Trinajstić information content (AvgIpc) is 2.85. The summed E-state index contributed by atoms with van der Waals surface area (Å²) in [5.41, 5.74) is 0.116. The molecule has 1 nitrogen and oxygen atoms in total. The summed E-state index contributed by atoms with van der Waals surface area (Å²) in [7, 11) is 0. The molecule has 1 aliphatic carbocycles. The van der Waals surface area contributed by atoms with Crippen molar-refractivity contribution >= 4 is 0 Å². The Bertz CT molecular complexity index is 298. The van der Waals surface area contributed by atoms with Gasteiger partial charge in [-0.25, -0.2) is 0 Å². The fourth-order valence-electron chi connectivity index (χ4n) is 1.19. The van der Waals surface area contributed by atoms with Gasteiger partial charge >= 0.3 is 6.18 Å². The van der Waals surface area contributed by atoms with Gasteiger partial charge in [0, 0.05) is 17.8 Å². The van der Waals surface area contributed by atoms with Crippen LogP contribution in [0.3, 0.4) is 0 Å². The Kier molecular flexibility index (Phi) is 1.78. The van der Waals surface area contributed by atoms with Crippen LogP contribution in [0.4, 0.5) is 13.2 Å². The smallest absolute Gasteiger partial charge is 0.260 e. The maximum atomic E-state index is 12.1. The lowest BCUT2D eigenvalue weighted by atomic mass is 10.2. The number of hydrogen-bond donors (Lipinski definition) is 0. The standard InChI is InChI=1S/C9H8F3N/c10-9(11,12)7-3-4-8(13-5-7)6-1-2-6/h3-6H,1-2H2. The molecule has 0 bridgehead atoms. The molecule has 13 heavy (non-hydrogen) atoms. The van der Waals surface area contributed by atoms with Crippen molar-refractivity contribution in [3.63, 3.8) is 0 Å². The molecule has 4 heteroatoms. The summed E-state index contributed by atoms with van der Waals surface area (Å²) >= 11 is 0. The predicted molar refractivity (Wildman–Crippen MR) is 41.2 cm³/mol. The minimum Gasteiger partial charge on any atom is -0.260 e. The number of hydrogen-bond acceptors (Lipinski definition) is 1. The third kappa shape index (κ3) is 1.82. The lowest BCUT2D eigenvalue weighted by molar-refractivity contribution is -0.137. The molecule has 0 radical (unpaired) electrons. The molecule has 0 aliphatic heterocycles. The molecular weight excluding hydrogens is 179 g/mol. The summed E-state index contributed by atoms with van der Waals surface area (Å²) in [4.78, 5) is 3.79. The number of nitrogens with zero attached hydrogens (tertiary/aromatic N) is 1. The van der Waals surface area contributed by atoms with E-state index in [4.69, 9.17) is 0 Å². The number of rotatable bonds is 1. The first kappa shape index (κ1) is 8.53. The number of alkyl halides is 3. The quantitative estimate of drug-likeness (QED) is 0.658. The van der Waals surface area contributed by atoms with E-state index in [0.717, 1.165) is 30.8 Å². The summed E-state index contributed by atoms with van der Waals surface area (Å²) < 4.78 is 36.3. The third-order valence-corrected chi connectivity index (χ3v) is 2.11. The Morgan fingerprint density at radius 3 is 2.31 bits per heavy atom. The van der Waals surface area contributed by atoms with Crippen molar-refractivity contribution in [3.05, 3.63) is 29.6 Å². The van der Waals surface area contributed by atoms with Gasteiger partial charge < -0.3 is 0 Å². The highest BCUT2D eigenvalue weighted by molar-refractivity contribution is 5.21. The van der Waals surface area contributed by atoms with Crippen LogP contribution in [0, 0.1) is 0 Å². The molecule has 0 spiro atoms. The first-order chi connectivity index (χ1) is 6.07. The first-order valence-corrected chi connectivity index (χ1v) is 4.10. The molecule has 0 amide bonds. The molecule has 0 aromatic carbocycles. The molecule has 1 aliphatic rings. The fraction of sp³-hybridized carbons (Fsp3) is 0.444. The van der Waals surface area contributed by atoms with Crippen molar-refractivity contribution in [2.75, 3.05) is 0 Å². The molecule has 0 N–H and O–H groups in total. The molecular formula is C9H8F3N. The molecule has 1 aromatic heterocycles. The van der Waals surface area contributed by atoms with Gasteiger partial charge in [-0.1, -0.05) is 0 Å². The summed E-state index contributed by atoms with van der Waals surface area (Å²) in [5, 5.41) is 0. The molecule has 0 atom stereocenters. The van der Waals surface area contributed by atoms with Gasteiger partial charge in [0.15, 0.2) is 0 Å². The van der Waals surface area contributed by atoms with Crippen LogP contribution < -0.4 is 0 Å².